The van der Waals surface area contributed by atoms with Crippen molar-refractivity contribution >= 4 is 33.7 Å². The molecule has 2 aromatic carbocycles. The first-order chi connectivity index (χ1) is 17.6. The predicted octanol–water partition coefficient (Wildman–Crippen LogP) is 6.38. The molecule has 1 aliphatic rings. The molecular formula is C28H27F3N2O4. The molecule has 2 N–H and O–H groups in total. The summed E-state index contributed by atoms with van der Waals surface area (Å²) in [6.07, 6.45) is -0.572. The Bertz CT molecular complexity index is 1480. The average Bonchev–Trinajstić information content (AvgIpc) is 3.42. The number of carbonyl (C=O) groups excluding carboxylic acids is 1. The molecule has 0 bridgehead atoms. The summed E-state index contributed by atoms with van der Waals surface area (Å²) in [4.78, 5) is 24.4. The molecule has 0 saturated heterocycles. The molecule has 1 amide bonds. The van der Waals surface area contributed by atoms with Gasteiger partial charge < -0.3 is 19.4 Å². The van der Waals surface area contributed by atoms with Crippen LogP contribution in [0.15, 0.2) is 53.1 Å². The van der Waals surface area contributed by atoms with Crippen molar-refractivity contribution < 1.29 is 32.3 Å². The summed E-state index contributed by atoms with van der Waals surface area (Å²) < 4.78 is 48.7. The molecule has 0 unspecified atom stereocenters. The van der Waals surface area contributed by atoms with Crippen LogP contribution in [0.3, 0.4) is 0 Å². The molecule has 0 atom stereocenters. The fourth-order valence-corrected chi connectivity index (χ4v) is 5.29. The Balaban J connectivity index is 1.45. The summed E-state index contributed by atoms with van der Waals surface area (Å²) in [7, 11) is 0. The normalized spacial score (nSPS) is 18.4. The first kappa shape index (κ1) is 24.9. The van der Waals surface area contributed by atoms with Gasteiger partial charge in [0, 0.05) is 29.1 Å². The second-order valence-electron chi connectivity index (χ2n) is 9.82. The lowest BCUT2D eigenvalue weighted by Crippen LogP contribution is -2.32. The van der Waals surface area contributed by atoms with Gasteiger partial charge in [-0.15, -0.1) is 0 Å². The Kier molecular flexibility index (Phi) is 6.47. The molecule has 6 nitrogen and oxygen atoms in total. The molecule has 0 aliphatic heterocycles. The highest BCUT2D eigenvalue weighted by atomic mass is 19.4. The average molecular weight is 513 g/mol. The van der Waals surface area contributed by atoms with E-state index in [0.29, 0.717) is 42.3 Å². The summed E-state index contributed by atoms with van der Waals surface area (Å²) in [6, 6.07) is 11.1. The number of rotatable bonds is 6. The van der Waals surface area contributed by atoms with Crippen LogP contribution in [-0.4, -0.2) is 28.1 Å². The molecule has 37 heavy (non-hydrogen) atoms. The van der Waals surface area contributed by atoms with Gasteiger partial charge in [0.15, 0.2) is 0 Å². The largest absolute Gasteiger partial charge is 0.481 e. The lowest BCUT2D eigenvalue weighted by molar-refractivity contribution is -0.143. The zero-order valence-corrected chi connectivity index (χ0v) is 20.3. The van der Waals surface area contributed by atoms with Gasteiger partial charge in [0.1, 0.15) is 11.3 Å². The zero-order chi connectivity index (χ0) is 26.3. The van der Waals surface area contributed by atoms with Crippen LogP contribution in [-0.2, 0) is 17.5 Å². The van der Waals surface area contributed by atoms with E-state index in [9.17, 15) is 27.9 Å². The molecule has 1 fully saturated rings. The Morgan fingerprint density at radius 1 is 1.11 bits per heavy atom. The second kappa shape index (κ2) is 9.61. The number of hydrogen-bond acceptors (Lipinski definition) is 3. The van der Waals surface area contributed by atoms with Gasteiger partial charge >= 0.3 is 12.1 Å². The Morgan fingerprint density at radius 2 is 1.84 bits per heavy atom. The fourth-order valence-electron chi connectivity index (χ4n) is 5.29. The number of carboxylic acid groups (broad SMARTS) is 1. The van der Waals surface area contributed by atoms with Crippen LogP contribution in [0.4, 0.5) is 13.2 Å². The third-order valence-electron chi connectivity index (χ3n) is 7.44. The van der Waals surface area contributed by atoms with Gasteiger partial charge in [0.25, 0.3) is 5.91 Å². The number of benzene rings is 2. The smallest absolute Gasteiger partial charge is 0.416 e. The van der Waals surface area contributed by atoms with Crippen LogP contribution in [0.1, 0.15) is 52.9 Å². The van der Waals surface area contributed by atoms with Gasteiger partial charge in [-0.1, -0.05) is 18.2 Å². The number of para-hydroxylation sites is 1. The lowest BCUT2D eigenvalue weighted by atomic mass is 9.82. The number of furan rings is 1. The third kappa shape index (κ3) is 4.95. The highest BCUT2D eigenvalue weighted by Crippen LogP contribution is 2.35. The molecule has 9 heteroatoms. The maximum Gasteiger partial charge on any atom is 0.416 e. The standard InChI is InChI=1S/C28H27F3N2O4/c1-16-21-4-2-3-5-23(21)37-24(16)15-33-11-10-19-12-20(28(29,30)31)13-22(25(19)33)26(34)32-14-17-6-8-18(9-7-17)27(35)36/h2-5,10-13,17-18H,6-9,14-15H2,1H3,(H,32,34)(H,35,36)/t17-,18-. The number of carboxylic acids is 1. The number of nitrogens with zero attached hydrogens (tertiary/aromatic N) is 1. The number of amides is 1. The Morgan fingerprint density at radius 3 is 2.51 bits per heavy atom. The van der Waals surface area contributed by atoms with Crippen LogP contribution in [0.2, 0.25) is 0 Å². The molecule has 2 aromatic heterocycles. The number of halogens is 3. The summed E-state index contributed by atoms with van der Waals surface area (Å²) >= 11 is 0. The summed E-state index contributed by atoms with van der Waals surface area (Å²) in [5.41, 5.74) is 1.13. The van der Waals surface area contributed by atoms with Gasteiger partial charge in [0.05, 0.1) is 29.1 Å². The van der Waals surface area contributed by atoms with Crippen molar-refractivity contribution in [2.24, 2.45) is 11.8 Å². The Hall–Kier alpha value is -3.75. The van der Waals surface area contributed by atoms with Crippen LogP contribution in [0.25, 0.3) is 21.9 Å². The minimum absolute atomic E-state index is 0.0530. The molecule has 5 rings (SSSR count). The van der Waals surface area contributed by atoms with E-state index in [-0.39, 0.29) is 30.5 Å². The predicted molar refractivity (Wildman–Crippen MR) is 132 cm³/mol. The van der Waals surface area contributed by atoms with Crippen molar-refractivity contribution in [1.29, 1.82) is 0 Å². The van der Waals surface area contributed by atoms with E-state index in [1.807, 2.05) is 31.2 Å². The maximum atomic E-state index is 13.7. The van der Waals surface area contributed by atoms with Crippen molar-refractivity contribution in [3.8, 4) is 0 Å². The van der Waals surface area contributed by atoms with E-state index in [1.165, 1.54) is 0 Å². The van der Waals surface area contributed by atoms with E-state index in [2.05, 4.69) is 5.32 Å². The number of nitrogens with one attached hydrogen (secondary N) is 1. The van der Waals surface area contributed by atoms with Crippen LogP contribution < -0.4 is 5.32 Å². The van der Waals surface area contributed by atoms with Crippen molar-refractivity contribution in [1.82, 2.24) is 9.88 Å². The molecular weight excluding hydrogens is 485 g/mol. The lowest BCUT2D eigenvalue weighted by Gasteiger charge is -2.26. The van der Waals surface area contributed by atoms with Gasteiger partial charge in [-0.25, -0.2) is 0 Å². The molecule has 0 radical (unpaired) electrons. The first-order valence-electron chi connectivity index (χ1n) is 12.3. The second-order valence-corrected chi connectivity index (χ2v) is 9.82. The highest BCUT2D eigenvalue weighted by Gasteiger charge is 2.33. The van der Waals surface area contributed by atoms with E-state index in [1.54, 1.807) is 16.8 Å². The molecule has 4 aromatic rings. The van der Waals surface area contributed by atoms with Gasteiger partial charge in [0.2, 0.25) is 0 Å². The summed E-state index contributed by atoms with van der Waals surface area (Å²) in [6.45, 7) is 2.47. The van der Waals surface area contributed by atoms with E-state index in [0.717, 1.165) is 28.7 Å². The molecule has 1 aliphatic carbocycles. The number of aryl methyl sites for hydroxylation is 1. The third-order valence-corrected chi connectivity index (χ3v) is 7.44. The number of alkyl halides is 3. The minimum atomic E-state index is -4.60. The first-order valence-corrected chi connectivity index (χ1v) is 12.3. The zero-order valence-electron chi connectivity index (χ0n) is 20.3. The Labute approximate surface area is 211 Å². The molecule has 2 heterocycles. The number of aromatic nitrogens is 1. The molecule has 0 spiro atoms. The molecule has 194 valence electrons. The SMILES string of the molecule is Cc1c(Cn2ccc3cc(C(F)(F)F)cc(C(=O)NC[C@H]4CC[C@H](C(=O)O)CC4)c32)oc2ccccc12. The van der Waals surface area contributed by atoms with Gasteiger partial charge in [-0.3, -0.25) is 9.59 Å². The van der Waals surface area contributed by atoms with Crippen molar-refractivity contribution in [3.05, 3.63) is 71.1 Å². The quantitative estimate of drug-likeness (QED) is 0.314. The van der Waals surface area contributed by atoms with Gasteiger partial charge in [-0.2, -0.15) is 13.2 Å². The van der Waals surface area contributed by atoms with E-state index >= 15 is 0 Å². The van der Waals surface area contributed by atoms with Crippen LogP contribution in [0.5, 0.6) is 0 Å². The number of carbonyl (C=O) groups is 2. The van der Waals surface area contributed by atoms with Crippen molar-refractivity contribution in [2.75, 3.05) is 6.54 Å². The molecule has 1 saturated carbocycles. The minimum Gasteiger partial charge on any atom is -0.481 e. The van der Waals surface area contributed by atoms with E-state index in [4.69, 9.17) is 4.42 Å². The van der Waals surface area contributed by atoms with Gasteiger partial charge in [-0.05, 0) is 62.8 Å². The maximum absolute atomic E-state index is 13.7. The van der Waals surface area contributed by atoms with E-state index < -0.39 is 23.6 Å². The topological polar surface area (TPSA) is 84.5 Å². The fraction of sp³-hybridized carbons (Fsp3) is 0.357. The van der Waals surface area contributed by atoms with Crippen LogP contribution >= 0.6 is 0 Å². The monoisotopic (exact) mass is 512 g/mol. The number of aliphatic carboxylic acids is 1. The summed E-state index contributed by atoms with van der Waals surface area (Å²) in [5.74, 6) is -1.02. The van der Waals surface area contributed by atoms with Crippen molar-refractivity contribution in [2.45, 2.75) is 45.3 Å². The number of fused-ring (bicyclic) bond motifs is 2. The summed E-state index contributed by atoms with van der Waals surface area (Å²) in [5, 5.41) is 13.3. The van der Waals surface area contributed by atoms with Crippen molar-refractivity contribution in [3.63, 3.8) is 0 Å². The number of hydrogen-bond donors (Lipinski definition) is 2. The van der Waals surface area contributed by atoms with Crippen LogP contribution in [0, 0.1) is 18.8 Å². The highest BCUT2D eigenvalue weighted by molar-refractivity contribution is 6.06.